The molecule has 19 heavy (non-hydrogen) atoms. The van der Waals surface area contributed by atoms with Crippen molar-refractivity contribution in [3.63, 3.8) is 0 Å². The van der Waals surface area contributed by atoms with E-state index in [1.54, 1.807) is 12.1 Å². The van der Waals surface area contributed by atoms with E-state index in [0.29, 0.717) is 25.1 Å². The van der Waals surface area contributed by atoms with Gasteiger partial charge in [-0.05, 0) is 25.0 Å². The number of benzene rings is 1. The third-order valence-electron chi connectivity index (χ3n) is 3.39. The number of halogens is 1. The number of hydrogen-bond donors (Lipinski definition) is 1. The van der Waals surface area contributed by atoms with Gasteiger partial charge in [0.05, 0.1) is 11.3 Å². The maximum atomic E-state index is 13.5. The predicted molar refractivity (Wildman–Crippen MR) is 70.8 cm³/mol. The Morgan fingerprint density at radius 2 is 2.11 bits per heavy atom. The molecule has 1 aromatic carbocycles. The van der Waals surface area contributed by atoms with Crippen LogP contribution in [0.1, 0.15) is 30.1 Å². The smallest absolute Gasteiger partial charge is 0.217 e. The molecule has 1 heterocycles. The van der Waals surface area contributed by atoms with Crippen molar-refractivity contribution >= 4 is 17.9 Å². The number of anilines is 1. The van der Waals surface area contributed by atoms with Crippen molar-refractivity contribution in [3.8, 4) is 0 Å². The van der Waals surface area contributed by atoms with Crippen LogP contribution in [0.25, 0.3) is 0 Å². The van der Waals surface area contributed by atoms with Gasteiger partial charge in [0.1, 0.15) is 5.82 Å². The minimum absolute atomic E-state index is 0.0298. The van der Waals surface area contributed by atoms with Crippen LogP contribution >= 0.6 is 0 Å². The molecule has 0 spiro atoms. The van der Waals surface area contributed by atoms with E-state index in [2.05, 4.69) is 5.32 Å². The monoisotopic (exact) mass is 264 g/mol. The lowest BCUT2D eigenvalue weighted by Gasteiger charge is -2.34. The summed E-state index contributed by atoms with van der Waals surface area (Å²) in [6.07, 6.45) is 2.16. The highest BCUT2D eigenvalue weighted by Crippen LogP contribution is 2.25. The molecule has 0 aliphatic carbocycles. The number of carbonyl (C=O) groups excluding carboxylic acids is 2. The predicted octanol–water partition coefficient (Wildman–Crippen LogP) is 1.74. The molecule has 1 aromatic rings. The molecule has 1 saturated heterocycles. The van der Waals surface area contributed by atoms with Gasteiger partial charge in [-0.2, -0.15) is 0 Å². The lowest BCUT2D eigenvalue weighted by atomic mass is 10.0. The summed E-state index contributed by atoms with van der Waals surface area (Å²) in [6.45, 7) is 2.91. The van der Waals surface area contributed by atoms with Crippen molar-refractivity contribution in [2.45, 2.75) is 25.8 Å². The average Bonchev–Trinajstić information content (AvgIpc) is 2.38. The number of rotatable bonds is 3. The van der Waals surface area contributed by atoms with Crippen molar-refractivity contribution < 1.29 is 14.0 Å². The molecule has 5 heteroatoms. The quantitative estimate of drug-likeness (QED) is 0.846. The van der Waals surface area contributed by atoms with E-state index < -0.39 is 5.82 Å². The number of hydrogen-bond acceptors (Lipinski definition) is 3. The first-order chi connectivity index (χ1) is 9.11. The molecule has 0 saturated carbocycles. The Balaban J connectivity index is 2.07. The highest BCUT2D eigenvalue weighted by molar-refractivity contribution is 5.85. The Kier molecular flexibility index (Phi) is 4.14. The molecule has 1 aliphatic heterocycles. The fourth-order valence-electron chi connectivity index (χ4n) is 2.47. The highest BCUT2D eigenvalue weighted by atomic mass is 19.1. The highest BCUT2D eigenvalue weighted by Gasteiger charge is 2.22. The number of nitrogens with zero attached hydrogens (tertiary/aromatic N) is 1. The summed E-state index contributed by atoms with van der Waals surface area (Å²) in [4.78, 5) is 24.0. The van der Waals surface area contributed by atoms with E-state index in [9.17, 15) is 14.0 Å². The van der Waals surface area contributed by atoms with Crippen LogP contribution in [0.3, 0.4) is 0 Å². The average molecular weight is 264 g/mol. The van der Waals surface area contributed by atoms with Crippen LogP contribution < -0.4 is 10.2 Å². The maximum Gasteiger partial charge on any atom is 0.217 e. The molecular formula is C14H17FN2O2. The lowest BCUT2D eigenvalue weighted by molar-refractivity contribution is -0.119. The number of nitrogens with one attached hydrogen (secondary N) is 1. The number of piperidine rings is 1. The zero-order chi connectivity index (χ0) is 13.8. The summed E-state index contributed by atoms with van der Waals surface area (Å²) in [5, 5.41) is 2.88. The first kappa shape index (κ1) is 13.5. The van der Waals surface area contributed by atoms with E-state index >= 15 is 0 Å². The molecule has 0 unspecified atom stereocenters. The molecule has 0 radical (unpaired) electrons. The minimum Gasteiger partial charge on any atom is -0.371 e. The maximum absolute atomic E-state index is 13.5. The van der Waals surface area contributed by atoms with Gasteiger partial charge in [-0.1, -0.05) is 6.07 Å². The van der Waals surface area contributed by atoms with Gasteiger partial charge in [0.25, 0.3) is 0 Å². The van der Waals surface area contributed by atoms with Crippen LogP contribution in [0.5, 0.6) is 0 Å². The van der Waals surface area contributed by atoms with E-state index in [1.807, 2.05) is 4.90 Å². The molecule has 2 rings (SSSR count). The van der Waals surface area contributed by atoms with Crippen LogP contribution in [0.4, 0.5) is 10.1 Å². The van der Waals surface area contributed by atoms with Crippen LogP contribution in [-0.2, 0) is 4.79 Å². The summed E-state index contributed by atoms with van der Waals surface area (Å²) in [5.74, 6) is -0.519. The lowest BCUT2D eigenvalue weighted by Crippen LogP contribution is -2.44. The van der Waals surface area contributed by atoms with Gasteiger partial charge in [-0.15, -0.1) is 0 Å². The third-order valence-corrected chi connectivity index (χ3v) is 3.39. The first-order valence-corrected chi connectivity index (χ1v) is 6.37. The van der Waals surface area contributed by atoms with Crippen LogP contribution in [0, 0.1) is 5.82 Å². The van der Waals surface area contributed by atoms with Crippen molar-refractivity contribution in [3.05, 3.63) is 29.6 Å². The van der Waals surface area contributed by atoms with Crippen LogP contribution in [0.2, 0.25) is 0 Å². The fraction of sp³-hybridized carbons (Fsp3) is 0.429. The Bertz CT molecular complexity index is 482. The molecule has 0 aromatic heterocycles. The van der Waals surface area contributed by atoms with Gasteiger partial charge < -0.3 is 10.2 Å². The first-order valence-electron chi connectivity index (χ1n) is 6.37. The molecule has 1 amide bonds. The van der Waals surface area contributed by atoms with E-state index in [4.69, 9.17) is 0 Å². The summed E-state index contributed by atoms with van der Waals surface area (Å²) in [6, 6.07) is 4.82. The summed E-state index contributed by atoms with van der Waals surface area (Å²) in [5.41, 5.74) is 0.747. The SMILES string of the molecule is CC(=O)NC1CCN(c2cccc(F)c2C=O)CC1. The summed E-state index contributed by atoms with van der Waals surface area (Å²) >= 11 is 0. The molecular weight excluding hydrogens is 247 g/mol. The molecule has 4 nitrogen and oxygen atoms in total. The molecule has 0 bridgehead atoms. The van der Waals surface area contributed by atoms with Crippen molar-refractivity contribution in [1.82, 2.24) is 5.32 Å². The van der Waals surface area contributed by atoms with Crippen LogP contribution in [0.15, 0.2) is 18.2 Å². The third kappa shape index (κ3) is 3.10. The fourth-order valence-corrected chi connectivity index (χ4v) is 2.47. The Morgan fingerprint density at radius 1 is 1.42 bits per heavy atom. The second kappa shape index (κ2) is 5.82. The zero-order valence-electron chi connectivity index (χ0n) is 10.9. The van der Waals surface area contributed by atoms with E-state index in [0.717, 1.165) is 12.8 Å². The van der Waals surface area contributed by atoms with Gasteiger partial charge in [-0.3, -0.25) is 9.59 Å². The van der Waals surface area contributed by atoms with Crippen molar-refractivity contribution in [1.29, 1.82) is 0 Å². The summed E-state index contributed by atoms with van der Waals surface area (Å²) in [7, 11) is 0. The van der Waals surface area contributed by atoms with E-state index in [1.165, 1.54) is 13.0 Å². The Labute approximate surface area is 111 Å². The second-order valence-electron chi connectivity index (χ2n) is 4.75. The topological polar surface area (TPSA) is 49.4 Å². The molecule has 0 atom stereocenters. The largest absolute Gasteiger partial charge is 0.371 e. The van der Waals surface area contributed by atoms with Crippen molar-refractivity contribution in [2.75, 3.05) is 18.0 Å². The zero-order valence-corrected chi connectivity index (χ0v) is 10.9. The Morgan fingerprint density at radius 3 is 2.68 bits per heavy atom. The number of carbonyl (C=O) groups is 2. The molecule has 1 fully saturated rings. The van der Waals surface area contributed by atoms with Crippen molar-refractivity contribution in [2.24, 2.45) is 0 Å². The normalized spacial score (nSPS) is 16.2. The second-order valence-corrected chi connectivity index (χ2v) is 4.75. The van der Waals surface area contributed by atoms with Gasteiger partial charge in [-0.25, -0.2) is 4.39 Å². The van der Waals surface area contributed by atoms with E-state index in [-0.39, 0.29) is 17.5 Å². The van der Waals surface area contributed by atoms with Gasteiger partial charge in [0.2, 0.25) is 5.91 Å². The van der Waals surface area contributed by atoms with Gasteiger partial charge in [0, 0.05) is 26.1 Å². The molecule has 1 N–H and O–H groups in total. The standard InChI is InChI=1S/C14H17FN2O2/c1-10(19)16-11-5-7-17(8-6-11)14-4-2-3-13(15)12(14)9-18/h2-4,9,11H,5-8H2,1H3,(H,16,19). The number of aldehydes is 1. The van der Waals surface area contributed by atoms with Crippen LogP contribution in [-0.4, -0.2) is 31.3 Å². The van der Waals surface area contributed by atoms with Gasteiger partial charge in [0.15, 0.2) is 6.29 Å². The minimum atomic E-state index is -0.489. The summed E-state index contributed by atoms with van der Waals surface area (Å²) < 4.78 is 13.5. The van der Waals surface area contributed by atoms with Gasteiger partial charge >= 0.3 is 0 Å². The Hall–Kier alpha value is -1.91. The molecule has 1 aliphatic rings. The number of amides is 1. The molecule has 102 valence electrons.